The maximum Gasteiger partial charge on any atom is 0.254 e. The molecule has 0 fully saturated rings. The van der Waals surface area contributed by atoms with Crippen molar-refractivity contribution in [2.45, 2.75) is 11.7 Å². The summed E-state index contributed by atoms with van der Waals surface area (Å²) in [5.41, 5.74) is 2.21. The van der Waals surface area contributed by atoms with Gasteiger partial charge < -0.3 is 14.3 Å². The molecule has 1 amide bonds. The van der Waals surface area contributed by atoms with Crippen LogP contribution in [0.4, 0.5) is 0 Å². The van der Waals surface area contributed by atoms with Crippen molar-refractivity contribution >= 4 is 35.0 Å². The van der Waals surface area contributed by atoms with Crippen molar-refractivity contribution in [3.8, 4) is 0 Å². The van der Waals surface area contributed by atoms with Crippen molar-refractivity contribution in [3.63, 3.8) is 0 Å². The largest absolute Gasteiger partial charge is 0.550 e. The van der Waals surface area contributed by atoms with E-state index in [1.807, 2.05) is 0 Å². The van der Waals surface area contributed by atoms with Gasteiger partial charge in [0, 0.05) is 12.4 Å². The third-order valence-electron chi connectivity index (χ3n) is 2.00. The van der Waals surface area contributed by atoms with E-state index in [9.17, 15) is 14.7 Å². The van der Waals surface area contributed by atoms with Crippen LogP contribution >= 0.6 is 11.8 Å². The van der Waals surface area contributed by atoms with Gasteiger partial charge in [0.1, 0.15) is 5.76 Å². The fourth-order valence-corrected chi connectivity index (χ4v) is 2.06. The van der Waals surface area contributed by atoms with Crippen molar-refractivity contribution in [3.05, 3.63) is 24.2 Å². The Morgan fingerprint density at radius 3 is 3.22 bits per heavy atom. The van der Waals surface area contributed by atoms with Crippen LogP contribution in [0, 0.1) is 0 Å². The maximum absolute atomic E-state index is 11.3. The summed E-state index contributed by atoms with van der Waals surface area (Å²) in [5.74, 6) is -1.23. The molecule has 8 heteroatoms. The van der Waals surface area contributed by atoms with E-state index >= 15 is 0 Å². The summed E-state index contributed by atoms with van der Waals surface area (Å²) in [5, 5.41) is 13.6. The van der Waals surface area contributed by atoms with Crippen LogP contribution in [0.1, 0.15) is 12.2 Å². The number of thioether (sulfide) groups is 1. The van der Waals surface area contributed by atoms with Gasteiger partial charge in [0.15, 0.2) is 0 Å². The second kappa shape index (κ2) is 5.50. The average molecular weight is 266 g/mol. The highest BCUT2D eigenvalue weighted by molar-refractivity contribution is 8.15. The number of hydrogen-bond acceptors (Lipinski definition) is 7. The first kappa shape index (κ1) is 12.4. The number of amidine groups is 1. The minimum atomic E-state index is -1.29. The van der Waals surface area contributed by atoms with E-state index in [0.29, 0.717) is 5.76 Å². The summed E-state index contributed by atoms with van der Waals surface area (Å²) in [7, 11) is 0. The molecule has 2 heterocycles. The first-order valence-electron chi connectivity index (χ1n) is 4.97. The highest BCUT2D eigenvalue weighted by Gasteiger charge is 2.25. The molecule has 7 nitrogen and oxygen atoms in total. The number of nitrogens with one attached hydrogen (secondary N) is 1. The lowest BCUT2D eigenvalue weighted by atomic mass is 10.3. The summed E-state index contributed by atoms with van der Waals surface area (Å²) in [6.07, 6.45) is 2.54. The molecule has 0 radical (unpaired) electrons. The van der Waals surface area contributed by atoms with Crippen LogP contribution in [0.2, 0.25) is 0 Å². The maximum atomic E-state index is 11.3. The van der Waals surface area contributed by atoms with Gasteiger partial charge in [-0.2, -0.15) is 0 Å². The molecule has 0 saturated carbocycles. The van der Waals surface area contributed by atoms with Crippen LogP contribution in [-0.4, -0.2) is 28.5 Å². The van der Waals surface area contributed by atoms with Crippen molar-refractivity contribution in [2.24, 2.45) is 10.1 Å². The van der Waals surface area contributed by atoms with Crippen LogP contribution in [0.15, 0.2) is 32.9 Å². The number of carbonyl (C=O) groups is 2. The molecular formula is C10H8N3O4S-. The van der Waals surface area contributed by atoms with Gasteiger partial charge in [0.05, 0.1) is 17.7 Å². The molecular weight excluding hydrogens is 258 g/mol. The van der Waals surface area contributed by atoms with Gasteiger partial charge in [-0.3, -0.25) is 4.79 Å². The Balaban J connectivity index is 2.02. The van der Waals surface area contributed by atoms with Gasteiger partial charge in [0.25, 0.3) is 5.91 Å². The van der Waals surface area contributed by atoms with E-state index in [1.165, 1.54) is 12.5 Å². The summed E-state index contributed by atoms with van der Waals surface area (Å²) in [6, 6.07) is 3.41. The summed E-state index contributed by atoms with van der Waals surface area (Å²) >= 11 is 0.967. The molecule has 0 aliphatic carbocycles. The predicted octanol–water partition coefficient (Wildman–Crippen LogP) is -0.659. The van der Waals surface area contributed by atoms with Gasteiger partial charge in [-0.05, 0) is 12.1 Å². The molecule has 1 aliphatic rings. The van der Waals surface area contributed by atoms with E-state index < -0.39 is 17.1 Å². The zero-order chi connectivity index (χ0) is 13.0. The molecule has 2 rings (SSSR count). The van der Waals surface area contributed by atoms with E-state index in [0.717, 1.165) is 11.8 Å². The van der Waals surface area contributed by atoms with E-state index in [2.05, 4.69) is 15.5 Å². The van der Waals surface area contributed by atoms with Gasteiger partial charge >= 0.3 is 0 Å². The average Bonchev–Trinajstić information content (AvgIpc) is 2.82. The minimum Gasteiger partial charge on any atom is -0.550 e. The van der Waals surface area contributed by atoms with Crippen molar-refractivity contribution in [2.75, 3.05) is 0 Å². The van der Waals surface area contributed by atoms with Crippen LogP contribution in [-0.2, 0) is 9.59 Å². The first-order chi connectivity index (χ1) is 8.65. The summed E-state index contributed by atoms with van der Waals surface area (Å²) < 4.78 is 5.03. The minimum absolute atomic E-state index is 0.261. The van der Waals surface area contributed by atoms with E-state index in [-0.39, 0.29) is 11.6 Å². The molecule has 1 aromatic heterocycles. The number of aliphatic carboxylic acids is 1. The normalized spacial score (nSPS) is 19.7. The first-order valence-corrected chi connectivity index (χ1v) is 5.85. The van der Waals surface area contributed by atoms with E-state index in [4.69, 9.17) is 4.42 Å². The molecule has 0 unspecified atom stereocenters. The molecule has 1 aliphatic heterocycles. The fourth-order valence-electron chi connectivity index (χ4n) is 1.21. The number of carboxylic acid groups (broad SMARTS) is 1. The smallest absolute Gasteiger partial charge is 0.254 e. The highest BCUT2D eigenvalue weighted by atomic mass is 32.2. The fraction of sp³-hybridized carbons (Fsp3) is 0.200. The topological polar surface area (TPSA) is 107 Å². The van der Waals surface area contributed by atoms with Crippen molar-refractivity contribution < 1.29 is 19.1 Å². The van der Waals surface area contributed by atoms with Gasteiger partial charge in [-0.25, -0.2) is 10.4 Å². The Bertz CT molecular complexity index is 509. The van der Waals surface area contributed by atoms with Crippen LogP contribution in [0.25, 0.3) is 0 Å². The molecule has 1 aromatic rings. The van der Waals surface area contributed by atoms with Crippen molar-refractivity contribution in [1.82, 2.24) is 5.43 Å². The van der Waals surface area contributed by atoms with Crippen LogP contribution in [0.3, 0.4) is 0 Å². The lowest BCUT2D eigenvalue weighted by Gasteiger charge is -2.18. The Hall–Kier alpha value is -2.09. The molecule has 94 valence electrons. The highest BCUT2D eigenvalue weighted by Crippen LogP contribution is 2.20. The third kappa shape index (κ3) is 3.20. The second-order valence-corrected chi connectivity index (χ2v) is 4.50. The lowest BCUT2D eigenvalue weighted by Crippen LogP contribution is -2.38. The lowest BCUT2D eigenvalue weighted by molar-refractivity contribution is -0.305. The van der Waals surface area contributed by atoms with Gasteiger partial charge in [-0.15, -0.1) is 5.10 Å². The van der Waals surface area contributed by atoms with Crippen molar-refractivity contribution in [1.29, 1.82) is 0 Å². The third-order valence-corrected chi connectivity index (χ3v) is 3.07. The second-order valence-electron chi connectivity index (χ2n) is 3.33. The Labute approximate surface area is 106 Å². The number of aliphatic imine (C=N–C) groups is 1. The zero-order valence-corrected chi connectivity index (χ0v) is 9.85. The number of nitrogens with zero attached hydrogens (tertiary/aromatic N) is 2. The van der Waals surface area contributed by atoms with E-state index in [1.54, 1.807) is 12.1 Å². The summed E-state index contributed by atoms with van der Waals surface area (Å²) in [4.78, 5) is 25.8. The number of amides is 1. The number of furan rings is 1. The monoisotopic (exact) mass is 266 g/mol. The molecule has 1 N–H and O–H groups in total. The van der Waals surface area contributed by atoms with Crippen LogP contribution < -0.4 is 10.5 Å². The van der Waals surface area contributed by atoms with Gasteiger partial charge in [-0.1, -0.05) is 11.8 Å². The molecule has 0 spiro atoms. The molecule has 0 aromatic carbocycles. The Kier molecular flexibility index (Phi) is 3.78. The SMILES string of the molecule is O=C([O-])C[C@@H]1SC(N=Cc2ccco2)=NNC1=O. The zero-order valence-electron chi connectivity index (χ0n) is 9.03. The molecule has 18 heavy (non-hydrogen) atoms. The standard InChI is InChI=1S/C10H9N3O4S/c14-8(15)4-7-9(16)12-13-10(18-7)11-5-6-2-1-3-17-6/h1-3,5,7H,4H2,(H,12,16)(H,14,15)/p-1/t7-/m0/s1. The Morgan fingerprint density at radius 2 is 2.56 bits per heavy atom. The predicted molar refractivity (Wildman–Crippen MR) is 62.9 cm³/mol. The number of rotatable bonds is 3. The molecule has 0 bridgehead atoms. The Morgan fingerprint density at radius 1 is 1.72 bits per heavy atom. The number of carbonyl (C=O) groups excluding carboxylic acids is 2. The number of hydrazone groups is 1. The number of carboxylic acids is 1. The van der Waals surface area contributed by atoms with Gasteiger partial charge in [0.2, 0.25) is 5.17 Å². The molecule has 1 atom stereocenters. The quantitative estimate of drug-likeness (QED) is 0.731. The molecule has 0 saturated heterocycles. The van der Waals surface area contributed by atoms with Crippen LogP contribution in [0.5, 0.6) is 0 Å². The number of hydrogen-bond donors (Lipinski definition) is 1. The summed E-state index contributed by atoms with van der Waals surface area (Å²) in [6.45, 7) is 0.